The number of alkyl halides is 3. The van der Waals surface area contributed by atoms with Gasteiger partial charge in [0.25, 0.3) is 5.91 Å². The first-order chi connectivity index (χ1) is 13.8. The van der Waals surface area contributed by atoms with E-state index < -0.39 is 12.1 Å². The topological polar surface area (TPSA) is 86.3 Å². The lowest BCUT2D eigenvalue weighted by Gasteiger charge is -2.26. The van der Waals surface area contributed by atoms with Gasteiger partial charge in [0.1, 0.15) is 0 Å². The number of thiophene rings is 1. The zero-order chi connectivity index (χ0) is 20.6. The lowest BCUT2D eigenvalue weighted by molar-refractivity contribution is -0.159. The molecule has 8 nitrogen and oxygen atoms in total. The number of ether oxygens (including phenoxy) is 1. The van der Waals surface area contributed by atoms with Crippen molar-refractivity contribution in [3.8, 4) is 10.7 Å². The fourth-order valence-corrected chi connectivity index (χ4v) is 3.85. The molecule has 0 aromatic carbocycles. The average molecular weight is 427 g/mol. The van der Waals surface area contributed by atoms with E-state index >= 15 is 0 Å². The summed E-state index contributed by atoms with van der Waals surface area (Å²) in [7, 11) is 0. The zero-order valence-electron chi connectivity index (χ0n) is 15.2. The van der Waals surface area contributed by atoms with E-state index in [4.69, 9.17) is 4.74 Å². The maximum Gasteiger partial charge on any atom is 0.471 e. The summed E-state index contributed by atoms with van der Waals surface area (Å²) in [6.07, 6.45) is -1.51. The minimum absolute atomic E-state index is 0.106. The summed E-state index contributed by atoms with van der Waals surface area (Å²) in [4.78, 5) is 18.9. The first kappa shape index (κ1) is 19.6. The Morgan fingerprint density at radius 3 is 2.72 bits per heavy atom. The van der Waals surface area contributed by atoms with E-state index in [0.717, 1.165) is 4.88 Å². The van der Waals surface area contributed by atoms with Gasteiger partial charge in [0.05, 0.1) is 35.9 Å². The molecule has 1 saturated heterocycles. The van der Waals surface area contributed by atoms with Crippen LogP contribution in [0.15, 0.2) is 29.0 Å². The summed E-state index contributed by atoms with van der Waals surface area (Å²) >= 11 is 1.23. The van der Waals surface area contributed by atoms with Crippen molar-refractivity contribution in [2.24, 2.45) is 0 Å². The summed E-state index contributed by atoms with van der Waals surface area (Å²) in [5, 5.41) is 7.67. The third-order valence-corrected chi connectivity index (χ3v) is 5.72. The SMILES string of the molecule is CC(c1ccc(-c2noc(C(F)(F)F)n2)s1)n1cc(C(=O)N2CCOCC2)cn1. The number of hydrogen-bond donors (Lipinski definition) is 0. The van der Waals surface area contributed by atoms with Crippen LogP contribution < -0.4 is 0 Å². The molecule has 0 spiro atoms. The fourth-order valence-electron chi connectivity index (χ4n) is 2.88. The number of nitrogens with zero attached hydrogens (tertiary/aromatic N) is 5. The highest BCUT2D eigenvalue weighted by Gasteiger charge is 2.38. The number of morpholine rings is 1. The number of carbonyl (C=O) groups excluding carboxylic acids is 1. The molecule has 154 valence electrons. The van der Waals surface area contributed by atoms with Crippen molar-refractivity contribution in [2.75, 3.05) is 26.3 Å². The van der Waals surface area contributed by atoms with Gasteiger partial charge < -0.3 is 14.2 Å². The Bertz CT molecular complexity index is 1010. The fraction of sp³-hybridized carbons (Fsp3) is 0.412. The van der Waals surface area contributed by atoms with Gasteiger partial charge in [-0.3, -0.25) is 9.48 Å². The van der Waals surface area contributed by atoms with Crippen LogP contribution in [-0.4, -0.2) is 57.0 Å². The lowest BCUT2D eigenvalue weighted by Crippen LogP contribution is -2.40. The van der Waals surface area contributed by atoms with Gasteiger partial charge >= 0.3 is 12.1 Å². The van der Waals surface area contributed by atoms with Crippen molar-refractivity contribution in [2.45, 2.75) is 19.1 Å². The van der Waals surface area contributed by atoms with Gasteiger partial charge in [-0.15, -0.1) is 11.3 Å². The predicted molar refractivity (Wildman–Crippen MR) is 95.4 cm³/mol. The number of hydrogen-bond acceptors (Lipinski definition) is 7. The molecule has 0 radical (unpaired) electrons. The van der Waals surface area contributed by atoms with Crippen molar-refractivity contribution in [3.05, 3.63) is 40.9 Å². The smallest absolute Gasteiger partial charge is 0.378 e. The van der Waals surface area contributed by atoms with Crippen molar-refractivity contribution >= 4 is 17.2 Å². The van der Waals surface area contributed by atoms with Crippen LogP contribution in [-0.2, 0) is 10.9 Å². The first-order valence-electron chi connectivity index (χ1n) is 8.75. The summed E-state index contributed by atoms with van der Waals surface area (Å²) in [5.41, 5.74) is 0.475. The normalized spacial score (nSPS) is 16.2. The number of aromatic nitrogens is 4. The Morgan fingerprint density at radius 1 is 1.28 bits per heavy atom. The third-order valence-electron chi connectivity index (χ3n) is 4.47. The number of amides is 1. The number of carbonyl (C=O) groups is 1. The van der Waals surface area contributed by atoms with Crippen LogP contribution in [0, 0.1) is 0 Å². The molecule has 0 bridgehead atoms. The van der Waals surface area contributed by atoms with Crippen molar-refractivity contribution in [1.82, 2.24) is 24.8 Å². The molecule has 1 atom stereocenters. The lowest BCUT2D eigenvalue weighted by atomic mass is 10.2. The highest BCUT2D eigenvalue weighted by molar-refractivity contribution is 7.15. The molecule has 3 aromatic heterocycles. The highest BCUT2D eigenvalue weighted by atomic mass is 32.1. The van der Waals surface area contributed by atoms with Crippen LogP contribution in [0.4, 0.5) is 13.2 Å². The molecule has 0 N–H and O–H groups in total. The minimum atomic E-state index is -4.68. The van der Waals surface area contributed by atoms with Gasteiger partial charge in [-0.25, -0.2) is 0 Å². The number of rotatable bonds is 4. The second-order valence-electron chi connectivity index (χ2n) is 6.41. The third kappa shape index (κ3) is 4.03. The molecule has 1 amide bonds. The van der Waals surface area contributed by atoms with E-state index in [1.165, 1.54) is 17.5 Å². The summed E-state index contributed by atoms with van der Waals surface area (Å²) in [6.45, 7) is 3.99. The first-order valence-corrected chi connectivity index (χ1v) is 9.57. The maximum absolute atomic E-state index is 12.6. The minimum Gasteiger partial charge on any atom is -0.378 e. The Hall–Kier alpha value is -2.73. The quantitative estimate of drug-likeness (QED) is 0.636. The molecule has 3 aromatic rings. The maximum atomic E-state index is 12.6. The molecule has 12 heteroatoms. The van der Waals surface area contributed by atoms with Crippen LogP contribution in [0.5, 0.6) is 0 Å². The predicted octanol–water partition coefficient (Wildman–Crippen LogP) is 3.10. The van der Waals surface area contributed by atoms with E-state index in [-0.39, 0.29) is 17.8 Å². The Kier molecular flexibility index (Phi) is 5.13. The molecule has 29 heavy (non-hydrogen) atoms. The molecule has 1 aliphatic rings. The van der Waals surface area contributed by atoms with Gasteiger partial charge in [-0.2, -0.15) is 23.3 Å². The van der Waals surface area contributed by atoms with Gasteiger partial charge in [-0.1, -0.05) is 5.16 Å². The molecule has 0 aliphatic carbocycles. The van der Waals surface area contributed by atoms with Gasteiger partial charge in [0.15, 0.2) is 0 Å². The Morgan fingerprint density at radius 2 is 2.03 bits per heavy atom. The molecule has 1 aliphatic heterocycles. The van der Waals surface area contributed by atoms with Crippen molar-refractivity contribution in [1.29, 1.82) is 0 Å². The molecular formula is C17H16F3N5O3S. The van der Waals surface area contributed by atoms with Gasteiger partial charge in [0.2, 0.25) is 5.82 Å². The zero-order valence-corrected chi connectivity index (χ0v) is 16.0. The van der Waals surface area contributed by atoms with Gasteiger partial charge in [-0.05, 0) is 19.1 Å². The summed E-state index contributed by atoms with van der Waals surface area (Å²) in [6, 6.07) is 3.17. The van der Waals surface area contributed by atoms with E-state index in [9.17, 15) is 18.0 Å². The van der Waals surface area contributed by atoms with Crippen LogP contribution in [0.25, 0.3) is 10.7 Å². The van der Waals surface area contributed by atoms with Crippen LogP contribution in [0.1, 0.15) is 34.1 Å². The molecular weight excluding hydrogens is 411 g/mol. The van der Waals surface area contributed by atoms with E-state index in [1.54, 1.807) is 27.9 Å². The van der Waals surface area contributed by atoms with E-state index in [0.29, 0.717) is 36.7 Å². The summed E-state index contributed by atoms with van der Waals surface area (Å²) < 4.78 is 49.1. The van der Waals surface area contributed by atoms with E-state index in [1.807, 2.05) is 6.92 Å². The van der Waals surface area contributed by atoms with Gasteiger partial charge in [0, 0.05) is 24.2 Å². The molecule has 4 rings (SSSR count). The molecule has 1 fully saturated rings. The van der Waals surface area contributed by atoms with Crippen LogP contribution in [0.2, 0.25) is 0 Å². The average Bonchev–Trinajstić information content (AvgIpc) is 3.47. The molecule has 0 saturated carbocycles. The highest BCUT2D eigenvalue weighted by Crippen LogP contribution is 2.34. The van der Waals surface area contributed by atoms with E-state index in [2.05, 4.69) is 19.8 Å². The van der Waals surface area contributed by atoms with Crippen LogP contribution in [0.3, 0.4) is 0 Å². The second-order valence-corrected chi connectivity index (χ2v) is 7.53. The Balaban J connectivity index is 1.49. The van der Waals surface area contributed by atoms with Crippen molar-refractivity contribution in [3.63, 3.8) is 0 Å². The van der Waals surface area contributed by atoms with Crippen molar-refractivity contribution < 1.29 is 27.2 Å². The molecule has 1 unspecified atom stereocenters. The Labute approximate surface area is 166 Å². The largest absolute Gasteiger partial charge is 0.471 e. The standard InChI is InChI=1S/C17H16F3N5O3S/c1-10(25-9-11(8-21-25)15(26)24-4-6-27-7-5-24)12-2-3-13(29-12)14-22-16(28-23-14)17(18,19)20/h2-3,8-10H,4-7H2,1H3. The monoisotopic (exact) mass is 427 g/mol. The molecule has 4 heterocycles. The second kappa shape index (κ2) is 7.59. The number of halogens is 3. The summed E-state index contributed by atoms with van der Waals surface area (Å²) in [5.74, 6) is -1.61. The van der Waals surface area contributed by atoms with Crippen LogP contribution >= 0.6 is 11.3 Å².